The second-order valence-corrected chi connectivity index (χ2v) is 3.79. The molecule has 0 radical (unpaired) electrons. The van der Waals surface area contributed by atoms with Gasteiger partial charge in [-0.2, -0.15) is 0 Å². The van der Waals surface area contributed by atoms with E-state index in [9.17, 15) is 0 Å². The fourth-order valence-electron chi connectivity index (χ4n) is 0.554. The highest BCUT2D eigenvalue weighted by molar-refractivity contribution is 8.00. The van der Waals surface area contributed by atoms with Crippen molar-refractivity contribution in [1.29, 1.82) is 0 Å². The van der Waals surface area contributed by atoms with Crippen LogP contribution in [0.1, 0.15) is 4.88 Å². The summed E-state index contributed by atoms with van der Waals surface area (Å²) in [5.74, 6) is 0. The summed E-state index contributed by atoms with van der Waals surface area (Å²) < 4.78 is 1.35. The molecule has 1 aromatic rings. The van der Waals surface area contributed by atoms with E-state index in [1.807, 2.05) is 6.08 Å². The fraction of sp³-hybridized carbons (Fsp3) is 0.143. The van der Waals surface area contributed by atoms with Crippen molar-refractivity contribution in [2.24, 2.45) is 0 Å². The Morgan fingerprint density at radius 2 is 2.44 bits per heavy atom. The summed E-state index contributed by atoms with van der Waals surface area (Å²) in [4.78, 5) is 1.25. The minimum absolute atomic E-state index is 1.25. The quantitative estimate of drug-likeness (QED) is 0.593. The molecule has 48 valence electrons. The minimum atomic E-state index is 1.25. The van der Waals surface area contributed by atoms with Crippen molar-refractivity contribution in [1.82, 2.24) is 0 Å². The van der Waals surface area contributed by atoms with Gasteiger partial charge in [0.05, 0.1) is 4.21 Å². The van der Waals surface area contributed by atoms with Gasteiger partial charge in [-0.15, -0.1) is 23.1 Å². The molecule has 0 bridgehead atoms. The first-order valence-electron chi connectivity index (χ1n) is 2.63. The lowest BCUT2D eigenvalue weighted by Crippen LogP contribution is -1.47. The molecule has 0 aromatic carbocycles. The van der Waals surface area contributed by atoms with E-state index in [-0.39, 0.29) is 0 Å². The second kappa shape index (κ2) is 3.08. The highest BCUT2D eigenvalue weighted by Gasteiger charge is 1.92. The molecule has 9 heavy (non-hydrogen) atoms. The molecule has 0 aliphatic rings. The highest BCUT2D eigenvalue weighted by atomic mass is 32.2. The Morgan fingerprint density at radius 3 is 2.78 bits per heavy atom. The van der Waals surface area contributed by atoms with Crippen LogP contribution in [0, 0.1) is 0 Å². The molecule has 0 N–H and O–H groups in total. The molecule has 0 amide bonds. The predicted molar refractivity (Wildman–Crippen MR) is 46.2 cm³/mol. The lowest BCUT2D eigenvalue weighted by atomic mass is 10.5. The molecule has 0 nitrogen and oxygen atoms in total. The largest absolute Gasteiger partial charge is 0.130 e. The first kappa shape index (κ1) is 6.90. The van der Waals surface area contributed by atoms with Gasteiger partial charge in [-0.25, -0.2) is 0 Å². The van der Waals surface area contributed by atoms with Crippen LogP contribution >= 0.6 is 23.1 Å². The van der Waals surface area contributed by atoms with Crippen LogP contribution in [-0.4, -0.2) is 6.26 Å². The highest BCUT2D eigenvalue weighted by Crippen LogP contribution is 2.25. The zero-order chi connectivity index (χ0) is 6.69. The van der Waals surface area contributed by atoms with Gasteiger partial charge in [0.1, 0.15) is 0 Å². The summed E-state index contributed by atoms with van der Waals surface area (Å²) in [5.41, 5.74) is 0. The summed E-state index contributed by atoms with van der Waals surface area (Å²) in [6.45, 7) is 3.68. The third-order valence-electron chi connectivity index (χ3n) is 1.00. The summed E-state index contributed by atoms with van der Waals surface area (Å²) in [7, 11) is 0. The van der Waals surface area contributed by atoms with Crippen molar-refractivity contribution in [2.75, 3.05) is 6.26 Å². The Kier molecular flexibility index (Phi) is 2.37. The van der Waals surface area contributed by atoms with E-state index in [1.54, 1.807) is 23.1 Å². The van der Waals surface area contributed by atoms with Gasteiger partial charge in [0, 0.05) is 4.88 Å². The van der Waals surface area contributed by atoms with Gasteiger partial charge >= 0.3 is 0 Å². The van der Waals surface area contributed by atoms with Crippen LogP contribution in [0.3, 0.4) is 0 Å². The Balaban J connectivity index is 2.86. The van der Waals surface area contributed by atoms with Gasteiger partial charge in [-0.05, 0) is 18.4 Å². The summed E-state index contributed by atoms with van der Waals surface area (Å²) >= 11 is 3.55. The lowest BCUT2D eigenvalue weighted by Gasteiger charge is -1.81. The Labute approximate surface area is 63.6 Å². The average Bonchev–Trinajstić information content (AvgIpc) is 2.34. The maximum atomic E-state index is 3.68. The minimum Gasteiger partial charge on any atom is -0.130 e. The van der Waals surface area contributed by atoms with E-state index in [1.165, 1.54) is 9.09 Å². The Hall–Kier alpha value is -0.210. The van der Waals surface area contributed by atoms with Crippen molar-refractivity contribution in [3.05, 3.63) is 23.6 Å². The number of thioether (sulfide) groups is 1. The van der Waals surface area contributed by atoms with Crippen molar-refractivity contribution in [3.63, 3.8) is 0 Å². The zero-order valence-corrected chi connectivity index (χ0v) is 6.89. The molecule has 0 aliphatic carbocycles. The summed E-state index contributed by atoms with van der Waals surface area (Å²) in [6.07, 6.45) is 3.96. The zero-order valence-electron chi connectivity index (χ0n) is 5.26. The van der Waals surface area contributed by atoms with Crippen LogP contribution in [0.2, 0.25) is 0 Å². The number of hydrogen-bond acceptors (Lipinski definition) is 2. The topological polar surface area (TPSA) is 0 Å². The van der Waals surface area contributed by atoms with Gasteiger partial charge in [0.2, 0.25) is 0 Å². The molecule has 0 fully saturated rings. The van der Waals surface area contributed by atoms with Crippen LogP contribution in [0.25, 0.3) is 6.08 Å². The molecule has 1 heterocycles. The van der Waals surface area contributed by atoms with Crippen molar-refractivity contribution in [2.45, 2.75) is 4.21 Å². The van der Waals surface area contributed by atoms with Gasteiger partial charge < -0.3 is 0 Å². The summed E-state index contributed by atoms with van der Waals surface area (Å²) in [5, 5.41) is 0. The standard InChI is InChI=1S/C7H8S2/c1-3-6-4-5-7(8-2)9-6/h3-5H,1H2,2H3. The maximum absolute atomic E-state index is 3.68. The van der Waals surface area contributed by atoms with E-state index in [2.05, 4.69) is 25.0 Å². The molecule has 2 heteroatoms. The third-order valence-corrected chi connectivity index (χ3v) is 3.17. The van der Waals surface area contributed by atoms with Crippen LogP contribution in [0.15, 0.2) is 22.9 Å². The van der Waals surface area contributed by atoms with Crippen LogP contribution in [-0.2, 0) is 0 Å². The number of hydrogen-bond donors (Lipinski definition) is 0. The van der Waals surface area contributed by atoms with Crippen LogP contribution in [0.5, 0.6) is 0 Å². The molecular formula is C7H8S2. The normalized spacial score (nSPS) is 9.44. The average molecular weight is 156 g/mol. The van der Waals surface area contributed by atoms with Crippen molar-refractivity contribution >= 4 is 29.2 Å². The maximum Gasteiger partial charge on any atom is 0.0602 e. The smallest absolute Gasteiger partial charge is 0.0602 e. The van der Waals surface area contributed by atoms with Gasteiger partial charge in [-0.1, -0.05) is 12.7 Å². The van der Waals surface area contributed by atoms with Crippen LogP contribution < -0.4 is 0 Å². The molecule has 0 spiro atoms. The first-order chi connectivity index (χ1) is 4.36. The Morgan fingerprint density at radius 1 is 1.67 bits per heavy atom. The van der Waals surface area contributed by atoms with Crippen LogP contribution in [0.4, 0.5) is 0 Å². The molecule has 0 saturated carbocycles. The van der Waals surface area contributed by atoms with Crippen molar-refractivity contribution in [3.8, 4) is 0 Å². The first-order valence-corrected chi connectivity index (χ1v) is 4.67. The number of rotatable bonds is 2. The van der Waals surface area contributed by atoms with E-state index in [4.69, 9.17) is 0 Å². The molecule has 1 rings (SSSR count). The monoisotopic (exact) mass is 156 g/mol. The Bertz CT molecular complexity index is 200. The van der Waals surface area contributed by atoms with Crippen molar-refractivity contribution < 1.29 is 0 Å². The molecule has 0 saturated heterocycles. The van der Waals surface area contributed by atoms with E-state index >= 15 is 0 Å². The second-order valence-electron chi connectivity index (χ2n) is 1.57. The predicted octanol–water partition coefficient (Wildman–Crippen LogP) is 3.11. The third kappa shape index (κ3) is 1.60. The summed E-state index contributed by atoms with van der Waals surface area (Å²) in [6, 6.07) is 4.20. The molecular weight excluding hydrogens is 148 g/mol. The van der Waals surface area contributed by atoms with Gasteiger partial charge in [0.15, 0.2) is 0 Å². The number of thiophene rings is 1. The molecule has 0 aliphatic heterocycles. The van der Waals surface area contributed by atoms with E-state index < -0.39 is 0 Å². The lowest BCUT2D eigenvalue weighted by molar-refractivity contribution is 1.74. The molecule has 0 atom stereocenters. The van der Waals surface area contributed by atoms with Gasteiger partial charge in [-0.3, -0.25) is 0 Å². The molecule has 0 unspecified atom stereocenters. The fourth-order valence-corrected chi connectivity index (χ4v) is 1.97. The SMILES string of the molecule is C=Cc1ccc(SC)s1. The van der Waals surface area contributed by atoms with Gasteiger partial charge in [0.25, 0.3) is 0 Å². The van der Waals surface area contributed by atoms with E-state index in [0.29, 0.717) is 0 Å². The van der Waals surface area contributed by atoms with E-state index in [0.717, 1.165) is 0 Å². The molecule has 1 aromatic heterocycles.